The summed E-state index contributed by atoms with van der Waals surface area (Å²) in [6.07, 6.45) is 3.55. The summed E-state index contributed by atoms with van der Waals surface area (Å²) in [7, 11) is 1.28. The van der Waals surface area contributed by atoms with Gasteiger partial charge in [0.25, 0.3) is 0 Å². The molecule has 4 nitrogen and oxygen atoms in total. The molecule has 108 valence electrons. The number of allylic oxidation sites excluding steroid dienone is 1. The number of hydrogen-bond acceptors (Lipinski definition) is 3. The van der Waals surface area contributed by atoms with E-state index in [1.54, 1.807) is 4.90 Å². The van der Waals surface area contributed by atoms with Crippen LogP contribution in [0, 0.1) is 0 Å². The second-order valence-electron chi connectivity index (χ2n) is 4.45. The molecule has 1 amide bonds. The van der Waals surface area contributed by atoms with Crippen LogP contribution in [0.1, 0.15) is 31.9 Å². The van der Waals surface area contributed by atoms with E-state index in [1.807, 2.05) is 56.3 Å². The van der Waals surface area contributed by atoms with Crippen molar-refractivity contribution in [3.8, 4) is 0 Å². The molecule has 0 fully saturated rings. The van der Waals surface area contributed by atoms with Gasteiger partial charge in [-0.25, -0.2) is 0 Å². The lowest BCUT2D eigenvalue weighted by atomic mass is 10.1. The first-order valence-corrected chi connectivity index (χ1v) is 6.62. The fraction of sp³-hybridized carbons (Fsp3) is 0.375. The van der Waals surface area contributed by atoms with Crippen LogP contribution >= 0.6 is 0 Å². The first kappa shape index (κ1) is 16.0. The minimum atomic E-state index is -0.513. The lowest BCUT2D eigenvalue weighted by Gasteiger charge is -2.28. The summed E-state index contributed by atoms with van der Waals surface area (Å²) < 4.78 is 4.56. The van der Waals surface area contributed by atoms with Crippen LogP contribution in [0.3, 0.4) is 0 Å². The van der Waals surface area contributed by atoms with E-state index in [-0.39, 0.29) is 18.4 Å². The Kier molecular flexibility index (Phi) is 6.50. The zero-order valence-corrected chi connectivity index (χ0v) is 12.2. The van der Waals surface area contributed by atoms with E-state index in [9.17, 15) is 9.59 Å². The second-order valence-corrected chi connectivity index (χ2v) is 4.45. The average Bonchev–Trinajstić information content (AvgIpc) is 2.48. The quantitative estimate of drug-likeness (QED) is 0.455. The van der Waals surface area contributed by atoms with Gasteiger partial charge in [-0.1, -0.05) is 42.5 Å². The number of carbonyl (C=O) groups excluding carboxylic acids is 2. The number of rotatable bonds is 6. The van der Waals surface area contributed by atoms with E-state index in [2.05, 4.69) is 4.74 Å². The van der Waals surface area contributed by atoms with Gasteiger partial charge in [-0.05, 0) is 19.4 Å². The van der Waals surface area contributed by atoms with Crippen molar-refractivity contribution < 1.29 is 14.3 Å². The van der Waals surface area contributed by atoms with E-state index in [0.29, 0.717) is 6.54 Å². The van der Waals surface area contributed by atoms with Crippen LogP contribution in [-0.2, 0) is 14.3 Å². The third-order valence-electron chi connectivity index (χ3n) is 3.13. The van der Waals surface area contributed by atoms with Crippen molar-refractivity contribution in [1.82, 2.24) is 4.90 Å². The Labute approximate surface area is 120 Å². The molecule has 0 radical (unpaired) electrons. The Balaban J connectivity index is 2.88. The van der Waals surface area contributed by atoms with E-state index in [4.69, 9.17) is 0 Å². The number of ether oxygens (including phenoxy) is 1. The van der Waals surface area contributed by atoms with Crippen LogP contribution in [0.5, 0.6) is 0 Å². The third kappa shape index (κ3) is 4.53. The molecule has 4 heteroatoms. The molecule has 0 spiro atoms. The molecule has 0 N–H and O–H groups in total. The Hall–Kier alpha value is -2.10. The molecular formula is C16H21NO3. The van der Waals surface area contributed by atoms with Gasteiger partial charge < -0.3 is 9.64 Å². The first-order valence-electron chi connectivity index (χ1n) is 6.62. The van der Waals surface area contributed by atoms with Crippen LogP contribution < -0.4 is 0 Å². The number of methoxy groups -OCH3 is 1. The van der Waals surface area contributed by atoms with Crippen molar-refractivity contribution >= 4 is 11.9 Å². The highest BCUT2D eigenvalue weighted by molar-refractivity contribution is 5.94. The van der Waals surface area contributed by atoms with Crippen molar-refractivity contribution in [3.05, 3.63) is 48.0 Å². The number of esters is 1. The Bertz CT molecular complexity index is 468. The molecule has 0 saturated heterocycles. The summed E-state index contributed by atoms with van der Waals surface area (Å²) in [5, 5.41) is 0. The van der Waals surface area contributed by atoms with Crippen LogP contribution in [0.15, 0.2) is 42.5 Å². The normalized spacial score (nSPS) is 12.2. The maximum absolute atomic E-state index is 12.2. The summed E-state index contributed by atoms with van der Waals surface area (Å²) in [6, 6.07) is 9.65. The van der Waals surface area contributed by atoms with Gasteiger partial charge in [-0.3, -0.25) is 9.59 Å². The molecule has 0 aliphatic carbocycles. The number of carbonyl (C=O) groups is 2. The fourth-order valence-electron chi connectivity index (χ4n) is 1.90. The minimum absolute atomic E-state index is 0.0930. The van der Waals surface area contributed by atoms with Gasteiger partial charge in [-0.2, -0.15) is 0 Å². The summed E-state index contributed by atoms with van der Waals surface area (Å²) in [5.74, 6) is -0.743. The molecule has 0 saturated carbocycles. The molecule has 1 unspecified atom stereocenters. The topological polar surface area (TPSA) is 46.6 Å². The van der Waals surface area contributed by atoms with E-state index >= 15 is 0 Å². The molecule has 0 aliphatic heterocycles. The van der Waals surface area contributed by atoms with Crippen LogP contribution in [0.25, 0.3) is 0 Å². The van der Waals surface area contributed by atoms with Gasteiger partial charge in [0.1, 0.15) is 6.42 Å². The van der Waals surface area contributed by atoms with Crippen LogP contribution in [-0.4, -0.2) is 30.4 Å². The Morgan fingerprint density at radius 2 is 1.95 bits per heavy atom. The summed E-state index contributed by atoms with van der Waals surface area (Å²) >= 11 is 0. The Morgan fingerprint density at radius 3 is 2.50 bits per heavy atom. The van der Waals surface area contributed by atoms with Gasteiger partial charge >= 0.3 is 5.97 Å². The van der Waals surface area contributed by atoms with Crippen LogP contribution in [0.2, 0.25) is 0 Å². The third-order valence-corrected chi connectivity index (χ3v) is 3.13. The van der Waals surface area contributed by atoms with E-state index in [1.165, 1.54) is 7.11 Å². The van der Waals surface area contributed by atoms with Gasteiger partial charge in [0.2, 0.25) is 5.91 Å². The zero-order chi connectivity index (χ0) is 15.0. The molecule has 0 bridgehead atoms. The maximum Gasteiger partial charge on any atom is 0.315 e. The lowest BCUT2D eigenvalue weighted by molar-refractivity contribution is -0.147. The zero-order valence-electron chi connectivity index (χ0n) is 12.2. The molecular weight excluding hydrogens is 254 g/mol. The highest BCUT2D eigenvalue weighted by atomic mass is 16.5. The number of hydrogen-bond donors (Lipinski definition) is 0. The summed E-state index contributed by atoms with van der Waals surface area (Å²) in [5.41, 5.74) is 1.04. The van der Waals surface area contributed by atoms with E-state index in [0.717, 1.165) is 5.56 Å². The molecule has 0 heterocycles. The van der Waals surface area contributed by atoms with Gasteiger partial charge in [0, 0.05) is 6.54 Å². The first-order chi connectivity index (χ1) is 9.60. The molecule has 1 rings (SSSR count). The lowest BCUT2D eigenvalue weighted by Crippen LogP contribution is -2.35. The average molecular weight is 275 g/mol. The van der Waals surface area contributed by atoms with Crippen molar-refractivity contribution in [3.63, 3.8) is 0 Å². The van der Waals surface area contributed by atoms with Gasteiger partial charge in [0.15, 0.2) is 0 Å². The molecule has 1 aromatic rings. The highest BCUT2D eigenvalue weighted by Crippen LogP contribution is 2.20. The van der Waals surface area contributed by atoms with Gasteiger partial charge in [0.05, 0.1) is 13.2 Å². The Morgan fingerprint density at radius 1 is 1.30 bits per heavy atom. The predicted octanol–water partition coefficient (Wildman–Crippen LogP) is 2.72. The molecule has 20 heavy (non-hydrogen) atoms. The van der Waals surface area contributed by atoms with E-state index < -0.39 is 5.97 Å². The number of benzene rings is 1. The van der Waals surface area contributed by atoms with Crippen molar-refractivity contribution in [2.75, 3.05) is 13.7 Å². The second kappa shape index (κ2) is 8.15. The van der Waals surface area contributed by atoms with Gasteiger partial charge in [-0.15, -0.1) is 0 Å². The van der Waals surface area contributed by atoms with Crippen molar-refractivity contribution in [1.29, 1.82) is 0 Å². The smallest absolute Gasteiger partial charge is 0.315 e. The molecule has 1 aromatic carbocycles. The highest BCUT2D eigenvalue weighted by Gasteiger charge is 2.22. The molecule has 0 aromatic heterocycles. The number of amides is 1. The summed E-state index contributed by atoms with van der Waals surface area (Å²) in [4.78, 5) is 25.2. The largest absolute Gasteiger partial charge is 0.469 e. The van der Waals surface area contributed by atoms with Crippen LogP contribution in [0.4, 0.5) is 0 Å². The van der Waals surface area contributed by atoms with Crippen molar-refractivity contribution in [2.45, 2.75) is 26.3 Å². The SMILES string of the molecule is C/C=C/CN(C(=O)CC(=O)OC)C(C)c1ccccc1. The minimum Gasteiger partial charge on any atom is -0.469 e. The molecule has 0 aliphatic rings. The number of nitrogens with zero attached hydrogens (tertiary/aromatic N) is 1. The van der Waals surface area contributed by atoms with Crippen molar-refractivity contribution in [2.24, 2.45) is 0 Å². The standard InChI is InChI=1S/C16H21NO3/c1-4-5-11-17(15(18)12-16(19)20-3)13(2)14-9-7-6-8-10-14/h4-10,13H,11-12H2,1-3H3/b5-4+. The fourth-order valence-corrected chi connectivity index (χ4v) is 1.90. The molecule has 1 atom stereocenters. The summed E-state index contributed by atoms with van der Waals surface area (Å²) in [6.45, 7) is 4.33. The maximum atomic E-state index is 12.2. The monoisotopic (exact) mass is 275 g/mol. The predicted molar refractivity (Wildman–Crippen MR) is 78.0 cm³/mol.